The van der Waals surface area contributed by atoms with Crippen LogP contribution in [0, 0.1) is 0 Å². The van der Waals surface area contributed by atoms with Crippen LogP contribution in [0.3, 0.4) is 0 Å². The van der Waals surface area contributed by atoms with Gasteiger partial charge in [0.2, 0.25) is 0 Å². The lowest BCUT2D eigenvalue weighted by atomic mass is 10.1. The molecule has 0 fully saturated rings. The van der Waals surface area contributed by atoms with Gasteiger partial charge in [0.05, 0.1) is 18.8 Å². The summed E-state index contributed by atoms with van der Waals surface area (Å²) in [6, 6.07) is 6.69. The Labute approximate surface area is 77.0 Å². The van der Waals surface area contributed by atoms with Gasteiger partial charge in [-0.05, 0) is 24.6 Å². The lowest BCUT2D eigenvalue weighted by molar-refractivity contribution is 0.0526. The molecule has 3 nitrogen and oxygen atoms in total. The number of carbonyl (C=O) groups is 1. The Hall–Kier alpha value is -1.35. The van der Waals surface area contributed by atoms with E-state index in [1.165, 1.54) is 0 Å². The standard InChI is InChI=1S/C10H12O3/c1-2-13-10(12)9-5-3-8(7-11)4-6-9/h3-6,11H,2,7H2,1H3. The number of hydrogen-bond acceptors (Lipinski definition) is 3. The Bertz CT molecular complexity index is 277. The average Bonchev–Trinajstić information content (AvgIpc) is 2.18. The van der Waals surface area contributed by atoms with E-state index in [1.807, 2.05) is 0 Å². The monoisotopic (exact) mass is 180 g/mol. The predicted molar refractivity (Wildman–Crippen MR) is 48.3 cm³/mol. The van der Waals surface area contributed by atoms with Crippen molar-refractivity contribution in [2.75, 3.05) is 6.61 Å². The molecule has 0 unspecified atom stereocenters. The second-order valence-electron chi connectivity index (χ2n) is 2.58. The summed E-state index contributed by atoms with van der Waals surface area (Å²) in [6.07, 6.45) is 0. The number of esters is 1. The molecular formula is C10H12O3. The second kappa shape index (κ2) is 4.62. The summed E-state index contributed by atoms with van der Waals surface area (Å²) >= 11 is 0. The molecule has 0 aromatic heterocycles. The molecule has 0 bridgehead atoms. The average molecular weight is 180 g/mol. The van der Waals surface area contributed by atoms with Crippen LogP contribution in [0.1, 0.15) is 22.8 Å². The van der Waals surface area contributed by atoms with Crippen LogP contribution in [0.5, 0.6) is 0 Å². The number of benzene rings is 1. The van der Waals surface area contributed by atoms with Gasteiger partial charge in [-0.1, -0.05) is 12.1 Å². The molecule has 1 N–H and O–H groups in total. The first-order valence-electron chi connectivity index (χ1n) is 4.15. The van der Waals surface area contributed by atoms with Crippen molar-refractivity contribution in [3.05, 3.63) is 35.4 Å². The lowest BCUT2D eigenvalue weighted by Gasteiger charge is -2.01. The molecule has 0 spiro atoms. The topological polar surface area (TPSA) is 46.5 Å². The minimum atomic E-state index is -0.327. The second-order valence-corrected chi connectivity index (χ2v) is 2.58. The van der Waals surface area contributed by atoms with Crippen LogP contribution in [0.4, 0.5) is 0 Å². The third-order valence-corrected chi connectivity index (χ3v) is 1.65. The molecule has 13 heavy (non-hydrogen) atoms. The van der Waals surface area contributed by atoms with Crippen LogP contribution in [-0.4, -0.2) is 17.7 Å². The van der Waals surface area contributed by atoms with Gasteiger partial charge in [0.15, 0.2) is 0 Å². The normalized spacial score (nSPS) is 9.69. The van der Waals surface area contributed by atoms with E-state index in [9.17, 15) is 4.79 Å². The Morgan fingerprint density at radius 1 is 1.38 bits per heavy atom. The molecule has 0 saturated carbocycles. The van der Waals surface area contributed by atoms with Crippen molar-refractivity contribution in [2.45, 2.75) is 13.5 Å². The number of hydrogen-bond donors (Lipinski definition) is 1. The maximum atomic E-state index is 11.2. The molecule has 0 aliphatic heterocycles. The molecular weight excluding hydrogens is 168 g/mol. The number of aliphatic hydroxyl groups is 1. The van der Waals surface area contributed by atoms with E-state index < -0.39 is 0 Å². The summed E-state index contributed by atoms with van der Waals surface area (Å²) in [5, 5.41) is 8.75. The molecule has 0 amide bonds. The fourth-order valence-electron chi connectivity index (χ4n) is 0.961. The van der Waals surface area contributed by atoms with E-state index in [4.69, 9.17) is 9.84 Å². The summed E-state index contributed by atoms with van der Waals surface area (Å²) in [6.45, 7) is 2.13. The number of aliphatic hydroxyl groups excluding tert-OH is 1. The van der Waals surface area contributed by atoms with Crippen molar-refractivity contribution >= 4 is 5.97 Å². The zero-order valence-electron chi connectivity index (χ0n) is 7.49. The van der Waals surface area contributed by atoms with Gasteiger partial charge in [0.25, 0.3) is 0 Å². The number of ether oxygens (including phenoxy) is 1. The summed E-state index contributed by atoms with van der Waals surface area (Å²) < 4.78 is 4.80. The van der Waals surface area contributed by atoms with Crippen molar-refractivity contribution in [3.8, 4) is 0 Å². The molecule has 0 heterocycles. The highest BCUT2D eigenvalue weighted by Crippen LogP contribution is 2.05. The number of rotatable bonds is 3. The zero-order valence-corrected chi connectivity index (χ0v) is 7.49. The summed E-state index contributed by atoms with van der Waals surface area (Å²) in [4.78, 5) is 11.2. The molecule has 0 saturated heterocycles. The quantitative estimate of drug-likeness (QED) is 0.714. The third-order valence-electron chi connectivity index (χ3n) is 1.65. The SMILES string of the molecule is CCOC(=O)c1ccc(CO)cc1. The lowest BCUT2D eigenvalue weighted by Crippen LogP contribution is -2.04. The highest BCUT2D eigenvalue weighted by atomic mass is 16.5. The minimum Gasteiger partial charge on any atom is -0.462 e. The molecule has 1 aromatic carbocycles. The Morgan fingerprint density at radius 2 is 2.00 bits per heavy atom. The van der Waals surface area contributed by atoms with Gasteiger partial charge in [-0.3, -0.25) is 0 Å². The highest BCUT2D eigenvalue weighted by Gasteiger charge is 2.04. The van der Waals surface area contributed by atoms with Crippen LogP contribution in [-0.2, 0) is 11.3 Å². The van der Waals surface area contributed by atoms with Gasteiger partial charge in [-0.15, -0.1) is 0 Å². The van der Waals surface area contributed by atoms with Crippen molar-refractivity contribution in [1.82, 2.24) is 0 Å². The molecule has 0 atom stereocenters. The number of carbonyl (C=O) groups excluding carboxylic acids is 1. The Balaban J connectivity index is 2.74. The van der Waals surface area contributed by atoms with Gasteiger partial charge < -0.3 is 9.84 Å². The summed E-state index contributed by atoms with van der Waals surface area (Å²) in [5.41, 5.74) is 1.30. The zero-order chi connectivity index (χ0) is 9.68. The Morgan fingerprint density at radius 3 is 2.46 bits per heavy atom. The molecule has 1 aromatic rings. The largest absolute Gasteiger partial charge is 0.462 e. The molecule has 70 valence electrons. The van der Waals surface area contributed by atoms with E-state index in [0.29, 0.717) is 12.2 Å². The van der Waals surface area contributed by atoms with Crippen molar-refractivity contribution in [3.63, 3.8) is 0 Å². The van der Waals surface area contributed by atoms with Crippen LogP contribution in [0.25, 0.3) is 0 Å². The molecule has 0 radical (unpaired) electrons. The summed E-state index contributed by atoms with van der Waals surface area (Å²) in [7, 11) is 0. The smallest absolute Gasteiger partial charge is 0.338 e. The molecule has 0 aliphatic carbocycles. The Kier molecular flexibility index (Phi) is 3.46. The van der Waals surface area contributed by atoms with E-state index in [-0.39, 0.29) is 12.6 Å². The fourth-order valence-corrected chi connectivity index (χ4v) is 0.961. The van der Waals surface area contributed by atoms with Crippen LogP contribution in [0.15, 0.2) is 24.3 Å². The van der Waals surface area contributed by atoms with Gasteiger partial charge in [0, 0.05) is 0 Å². The summed E-state index contributed by atoms with van der Waals surface area (Å²) in [5.74, 6) is -0.327. The van der Waals surface area contributed by atoms with E-state index in [0.717, 1.165) is 5.56 Å². The molecule has 1 rings (SSSR count). The van der Waals surface area contributed by atoms with E-state index >= 15 is 0 Å². The van der Waals surface area contributed by atoms with Crippen LogP contribution >= 0.6 is 0 Å². The van der Waals surface area contributed by atoms with Crippen molar-refractivity contribution in [1.29, 1.82) is 0 Å². The van der Waals surface area contributed by atoms with E-state index in [2.05, 4.69) is 0 Å². The van der Waals surface area contributed by atoms with Gasteiger partial charge in [-0.2, -0.15) is 0 Å². The highest BCUT2D eigenvalue weighted by molar-refractivity contribution is 5.89. The maximum absolute atomic E-state index is 11.2. The van der Waals surface area contributed by atoms with Gasteiger partial charge in [-0.25, -0.2) is 4.79 Å². The first kappa shape index (κ1) is 9.74. The third kappa shape index (κ3) is 2.56. The van der Waals surface area contributed by atoms with Crippen molar-refractivity contribution < 1.29 is 14.6 Å². The van der Waals surface area contributed by atoms with Gasteiger partial charge >= 0.3 is 5.97 Å². The molecule has 0 aliphatic rings. The van der Waals surface area contributed by atoms with Crippen molar-refractivity contribution in [2.24, 2.45) is 0 Å². The van der Waals surface area contributed by atoms with E-state index in [1.54, 1.807) is 31.2 Å². The molecule has 3 heteroatoms. The first-order valence-corrected chi connectivity index (χ1v) is 4.15. The first-order chi connectivity index (χ1) is 6.27. The predicted octanol–water partition coefficient (Wildman–Crippen LogP) is 1.36. The van der Waals surface area contributed by atoms with Crippen LogP contribution < -0.4 is 0 Å². The van der Waals surface area contributed by atoms with Crippen LogP contribution in [0.2, 0.25) is 0 Å². The minimum absolute atomic E-state index is 0.0108. The fraction of sp³-hybridized carbons (Fsp3) is 0.300. The maximum Gasteiger partial charge on any atom is 0.338 e. The van der Waals surface area contributed by atoms with Gasteiger partial charge in [0.1, 0.15) is 0 Å².